The van der Waals surface area contributed by atoms with Crippen LogP contribution >= 0.6 is 0 Å². The van der Waals surface area contributed by atoms with E-state index in [0.717, 1.165) is 25.7 Å². The molecule has 21 nitrogen and oxygen atoms in total. The van der Waals surface area contributed by atoms with Crippen molar-refractivity contribution in [3.63, 3.8) is 0 Å². The molecule has 15 N–H and O–H groups in total. The molecule has 1 aliphatic rings. The van der Waals surface area contributed by atoms with Crippen molar-refractivity contribution in [3.05, 3.63) is 0 Å². The van der Waals surface area contributed by atoms with Crippen LogP contribution in [-0.4, -0.2) is 138 Å². The van der Waals surface area contributed by atoms with Crippen LogP contribution in [0.5, 0.6) is 0 Å². The molecule has 0 aliphatic carbocycles. The van der Waals surface area contributed by atoms with Crippen molar-refractivity contribution in [2.75, 3.05) is 26.7 Å². The molecule has 0 bridgehead atoms. The zero-order chi connectivity index (χ0) is 48.4. The highest BCUT2D eigenvalue weighted by Gasteiger charge is 2.34. The highest BCUT2D eigenvalue weighted by Crippen LogP contribution is 2.14. The van der Waals surface area contributed by atoms with E-state index in [1.54, 1.807) is 0 Å². The molecule has 0 saturated heterocycles. The zero-order valence-electron chi connectivity index (χ0n) is 39.2. The Morgan fingerprint density at radius 2 is 1.17 bits per heavy atom. The van der Waals surface area contributed by atoms with Crippen LogP contribution in [0.15, 0.2) is 4.99 Å². The van der Waals surface area contributed by atoms with E-state index >= 15 is 0 Å². The third-order valence-corrected chi connectivity index (χ3v) is 11.3. The first-order valence-corrected chi connectivity index (χ1v) is 23.9. The SMILES string of the molecule is CCCCCCCCCCCCCCCC(=O)NCC(O)N[C@@H](CCC(N)=O)C(O)N[C@@H](CCC(N)=O)C(=O)N[C@@H](C[C@H]1CNC=N1)C(=O)NC(CO)C(=O)NC(CCCC)C(=O)NC. The monoisotopic (exact) mass is 926 g/mol. The third-order valence-electron chi connectivity index (χ3n) is 11.3. The Kier molecular flexibility index (Phi) is 32.2. The van der Waals surface area contributed by atoms with Crippen LogP contribution in [0, 0.1) is 0 Å². The highest BCUT2D eigenvalue weighted by molar-refractivity contribution is 5.95. The maximum Gasteiger partial charge on any atom is 0.245 e. The minimum Gasteiger partial charge on any atom is -0.394 e. The fourth-order valence-electron chi connectivity index (χ4n) is 7.35. The molecule has 0 saturated carbocycles. The van der Waals surface area contributed by atoms with Crippen molar-refractivity contribution in [3.8, 4) is 0 Å². The molecule has 0 aromatic carbocycles. The number of unbranched alkanes of at least 4 members (excludes halogenated alkanes) is 13. The first-order valence-electron chi connectivity index (χ1n) is 23.9. The van der Waals surface area contributed by atoms with Gasteiger partial charge in [0.05, 0.1) is 31.6 Å². The second kappa shape index (κ2) is 35.8. The Morgan fingerprint density at radius 1 is 0.646 bits per heavy atom. The van der Waals surface area contributed by atoms with Crippen LogP contribution in [0.1, 0.15) is 155 Å². The summed E-state index contributed by atoms with van der Waals surface area (Å²) in [5, 5.41) is 53.4. The molecule has 0 spiro atoms. The number of amides is 7. The largest absolute Gasteiger partial charge is 0.394 e. The van der Waals surface area contributed by atoms with Gasteiger partial charge in [-0.1, -0.05) is 104 Å². The van der Waals surface area contributed by atoms with Crippen LogP contribution in [0.3, 0.4) is 0 Å². The van der Waals surface area contributed by atoms with E-state index in [4.69, 9.17) is 11.5 Å². The first-order chi connectivity index (χ1) is 31.1. The number of nitrogens with zero attached hydrogens (tertiary/aromatic N) is 1. The van der Waals surface area contributed by atoms with Crippen LogP contribution in [0.25, 0.3) is 0 Å². The van der Waals surface area contributed by atoms with Gasteiger partial charge in [-0.2, -0.15) is 0 Å². The number of rotatable bonds is 40. The second-order valence-corrected chi connectivity index (χ2v) is 17.0. The smallest absolute Gasteiger partial charge is 0.245 e. The normalized spacial score (nSPS) is 16.5. The Labute approximate surface area is 385 Å². The van der Waals surface area contributed by atoms with Gasteiger partial charge < -0.3 is 58.7 Å². The summed E-state index contributed by atoms with van der Waals surface area (Å²) in [6, 6.07) is -6.75. The number of hydrogen-bond acceptors (Lipinski definition) is 14. The van der Waals surface area contributed by atoms with Gasteiger partial charge in [-0.3, -0.25) is 49.2 Å². The number of aliphatic imine (C=N–C) groups is 1. The summed E-state index contributed by atoms with van der Waals surface area (Å²) < 4.78 is 0. The molecule has 8 atom stereocenters. The standard InChI is InChI=1S/C44H83N11O10/c1-4-6-8-9-10-11-12-13-14-15-16-17-18-20-38(59)49-27-39(60)51-32(21-23-36(45)57)41(62)53-33(22-24-37(46)58)42(63)54-34(25-30-26-48-29-50-30)43(64)55-35(28-56)44(65)52-31(19-7-5-2)40(61)47-3/h29-35,39,41,51,53,56,60,62H,4-28H2,1-3H3,(H2,45,57)(H2,46,58)(H,47,61)(H,48,50)(H,49,59)(H,52,65)(H,54,63)(H,55,64)/t30-,31?,32-,33-,34-,35?,39?,41?/m0/s1. The van der Waals surface area contributed by atoms with E-state index in [2.05, 4.69) is 54.5 Å². The zero-order valence-corrected chi connectivity index (χ0v) is 39.2. The van der Waals surface area contributed by atoms with Crippen LogP contribution < -0.4 is 54.0 Å². The molecule has 65 heavy (non-hydrogen) atoms. The Balaban J connectivity index is 2.93. The number of aliphatic hydroxyl groups is 3. The highest BCUT2D eigenvalue weighted by atomic mass is 16.3. The van der Waals surface area contributed by atoms with Crippen molar-refractivity contribution >= 4 is 47.7 Å². The number of carbonyl (C=O) groups is 7. The minimum atomic E-state index is -1.66. The summed E-state index contributed by atoms with van der Waals surface area (Å²) in [5.74, 6) is -4.73. The maximum atomic E-state index is 13.9. The number of primary amides is 2. The van der Waals surface area contributed by atoms with Crippen molar-refractivity contribution in [1.82, 2.24) is 42.5 Å². The van der Waals surface area contributed by atoms with E-state index in [9.17, 15) is 48.9 Å². The summed E-state index contributed by atoms with van der Waals surface area (Å²) in [7, 11) is 1.42. The summed E-state index contributed by atoms with van der Waals surface area (Å²) in [4.78, 5) is 93.6. The number of likely N-dealkylation sites (N-methyl/N-ethyl adjacent to an activating group) is 1. The van der Waals surface area contributed by atoms with E-state index in [-0.39, 0.29) is 51.0 Å². The van der Waals surface area contributed by atoms with E-state index < -0.39 is 90.8 Å². The molecular weight excluding hydrogens is 843 g/mol. The van der Waals surface area contributed by atoms with E-state index in [1.165, 1.54) is 71.2 Å². The second-order valence-electron chi connectivity index (χ2n) is 17.0. The molecule has 4 unspecified atom stereocenters. The lowest BCUT2D eigenvalue weighted by Crippen LogP contribution is -2.61. The van der Waals surface area contributed by atoms with Gasteiger partial charge in [-0.05, 0) is 25.7 Å². The predicted molar refractivity (Wildman–Crippen MR) is 247 cm³/mol. The van der Waals surface area contributed by atoms with Crippen molar-refractivity contribution < 1.29 is 48.9 Å². The average Bonchev–Trinajstić information content (AvgIpc) is 3.80. The lowest BCUT2D eigenvalue weighted by Gasteiger charge is -2.31. The van der Waals surface area contributed by atoms with Gasteiger partial charge in [0.25, 0.3) is 0 Å². The number of carbonyl (C=O) groups excluding carboxylic acids is 7. The molecule has 1 heterocycles. The quantitative estimate of drug-likeness (QED) is 0.0271. The van der Waals surface area contributed by atoms with Crippen LogP contribution in [0.2, 0.25) is 0 Å². The van der Waals surface area contributed by atoms with Crippen LogP contribution in [0.4, 0.5) is 0 Å². The van der Waals surface area contributed by atoms with Crippen molar-refractivity contribution in [2.45, 2.75) is 204 Å². The molecule has 0 radical (unpaired) electrons. The number of hydrogen-bond donors (Lipinski definition) is 13. The summed E-state index contributed by atoms with van der Waals surface area (Å²) >= 11 is 0. The minimum absolute atomic E-state index is 0.0661. The number of aliphatic hydroxyl groups excluding tert-OH is 3. The van der Waals surface area contributed by atoms with E-state index in [1.807, 2.05) is 6.92 Å². The summed E-state index contributed by atoms with van der Waals surface area (Å²) in [6.07, 6.45) is 14.7. The van der Waals surface area contributed by atoms with Gasteiger partial charge >= 0.3 is 0 Å². The van der Waals surface area contributed by atoms with Gasteiger partial charge in [0.15, 0.2) is 0 Å². The van der Waals surface area contributed by atoms with Gasteiger partial charge in [0, 0.05) is 45.3 Å². The van der Waals surface area contributed by atoms with Gasteiger partial charge in [-0.15, -0.1) is 0 Å². The number of nitrogens with one attached hydrogen (secondary N) is 8. The molecule has 0 aromatic rings. The topological polar surface area (TPSA) is 341 Å². The van der Waals surface area contributed by atoms with Gasteiger partial charge in [0.2, 0.25) is 41.4 Å². The third kappa shape index (κ3) is 27.6. The number of nitrogens with two attached hydrogens (primary N) is 2. The molecular formula is C44H83N11O10. The molecule has 1 aliphatic heterocycles. The Hall–Kier alpha value is -4.44. The Bertz CT molecular complexity index is 1440. The predicted octanol–water partition coefficient (Wildman–Crippen LogP) is -0.559. The fraction of sp³-hybridized carbons (Fsp3) is 0.818. The molecule has 21 heteroatoms. The van der Waals surface area contributed by atoms with E-state index in [0.29, 0.717) is 25.8 Å². The average molecular weight is 926 g/mol. The van der Waals surface area contributed by atoms with Crippen LogP contribution in [-0.2, 0) is 33.6 Å². The first kappa shape index (κ1) is 58.6. The molecule has 7 amide bonds. The molecule has 374 valence electrons. The Morgan fingerprint density at radius 3 is 1.71 bits per heavy atom. The fourth-order valence-corrected chi connectivity index (χ4v) is 7.35. The van der Waals surface area contributed by atoms with Gasteiger partial charge in [-0.25, -0.2) is 0 Å². The maximum absolute atomic E-state index is 13.9. The lowest BCUT2D eigenvalue weighted by molar-refractivity contribution is -0.135. The summed E-state index contributed by atoms with van der Waals surface area (Å²) in [5.41, 5.74) is 10.8. The molecule has 0 fully saturated rings. The van der Waals surface area contributed by atoms with Crippen molar-refractivity contribution in [2.24, 2.45) is 16.5 Å². The molecule has 0 aromatic heterocycles. The van der Waals surface area contributed by atoms with Crippen molar-refractivity contribution in [1.29, 1.82) is 0 Å². The summed E-state index contributed by atoms with van der Waals surface area (Å²) in [6.45, 7) is 3.41. The lowest BCUT2D eigenvalue weighted by atomic mass is 10.0. The molecule has 1 rings (SSSR count). The van der Waals surface area contributed by atoms with Gasteiger partial charge in [0.1, 0.15) is 30.6 Å².